The number of fused-ring (bicyclic) bond motifs is 1. The van der Waals surface area contributed by atoms with Crippen LogP contribution in [0.25, 0.3) is 0 Å². The van der Waals surface area contributed by atoms with Gasteiger partial charge in [0.05, 0.1) is 37.7 Å². The number of rotatable bonds is 12. The highest BCUT2D eigenvalue weighted by Crippen LogP contribution is 2.59. The van der Waals surface area contributed by atoms with E-state index in [1.165, 1.54) is 0 Å². The Morgan fingerprint density at radius 3 is 2.30 bits per heavy atom. The maximum absolute atomic E-state index is 13.5. The van der Waals surface area contributed by atoms with E-state index in [1.54, 1.807) is 0 Å². The van der Waals surface area contributed by atoms with Crippen LogP contribution in [0.1, 0.15) is 64.7 Å². The quantitative estimate of drug-likeness (QED) is 0.151. The third-order valence-electron chi connectivity index (χ3n) is 8.52. The van der Waals surface area contributed by atoms with Gasteiger partial charge in [0.15, 0.2) is 0 Å². The zero-order valence-corrected chi connectivity index (χ0v) is 22.3. The average molecular weight is 603 g/mol. The SMILES string of the molecule is CCC1(OC(=O)C2C3CC4C(OC(=O)C42)C3OC(=O)CCC(=O)OCCC(F)(F)C(F)(F)S(=O)(=O)O)CCCC1. The molecule has 11 nitrogen and oxygen atoms in total. The first-order valence-electron chi connectivity index (χ1n) is 13.0. The number of hydrogen-bond donors (Lipinski definition) is 1. The van der Waals surface area contributed by atoms with Crippen LogP contribution in [0.4, 0.5) is 17.6 Å². The summed E-state index contributed by atoms with van der Waals surface area (Å²) in [5, 5.41) is -5.79. The van der Waals surface area contributed by atoms with Crippen molar-refractivity contribution in [2.75, 3.05) is 6.61 Å². The summed E-state index contributed by atoms with van der Waals surface area (Å²) in [7, 11) is -6.42. The molecule has 1 N–H and O–H groups in total. The van der Waals surface area contributed by atoms with E-state index in [0.717, 1.165) is 25.7 Å². The van der Waals surface area contributed by atoms with Crippen LogP contribution in [0.15, 0.2) is 0 Å². The summed E-state index contributed by atoms with van der Waals surface area (Å²) in [5.74, 6) is -10.9. The largest absolute Gasteiger partial charge is 0.465 e. The Kier molecular flexibility index (Phi) is 8.17. The fourth-order valence-electron chi connectivity index (χ4n) is 6.41. The molecule has 2 bridgehead atoms. The molecule has 6 atom stereocenters. The number of halogens is 4. The molecule has 4 fully saturated rings. The van der Waals surface area contributed by atoms with Gasteiger partial charge in [0.1, 0.15) is 17.8 Å². The van der Waals surface area contributed by atoms with E-state index < -0.39 is 107 Å². The van der Waals surface area contributed by atoms with Gasteiger partial charge >= 0.3 is 45.2 Å². The maximum Gasteiger partial charge on any atom is 0.431 e. The Bertz CT molecular complexity index is 1150. The minimum absolute atomic E-state index is 0.332. The van der Waals surface area contributed by atoms with Crippen molar-refractivity contribution in [1.82, 2.24) is 0 Å². The molecule has 40 heavy (non-hydrogen) atoms. The van der Waals surface area contributed by atoms with Crippen molar-refractivity contribution in [1.29, 1.82) is 0 Å². The van der Waals surface area contributed by atoms with Gasteiger partial charge in [-0.25, -0.2) is 0 Å². The highest BCUT2D eigenvalue weighted by Gasteiger charge is 2.70. The Balaban J connectivity index is 1.29. The number of carbonyl (C=O) groups excluding carboxylic acids is 4. The average Bonchev–Trinajstić information content (AvgIpc) is 3.60. The number of carbonyl (C=O) groups is 4. The van der Waals surface area contributed by atoms with Crippen LogP contribution in [0.2, 0.25) is 0 Å². The zero-order valence-electron chi connectivity index (χ0n) is 21.5. The van der Waals surface area contributed by atoms with Crippen LogP contribution in [-0.4, -0.2) is 72.4 Å². The van der Waals surface area contributed by atoms with E-state index in [0.29, 0.717) is 12.8 Å². The minimum atomic E-state index is -6.42. The van der Waals surface area contributed by atoms with E-state index in [1.807, 2.05) is 6.92 Å². The van der Waals surface area contributed by atoms with Crippen LogP contribution in [-0.2, 0) is 48.2 Å². The summed E-state index contributed by atoms with van der Waals surface area (Å²) in [6.45, 7) is 0.607. The van der Waals surface area contributed by atoms with Crippen LogP contribution in [0, 0.1) is 23.7 Å². The molecule has 0 aromatic heterocycles. The van der Waals surface area contributed by atoms with Crippen LogP contribution < -0.4 is 0 Å². The van der Waals surface area contributed by atoms with Crippen molar-refractivity contribution in [3.05, 3.63) is 0 Å². The molecule has 3 saturated carbocycles. The first kappa shape index (κ1) is 30.5. The van der Waals surface area contributed by atoms with Crippen molar-refractivity contribution in [3.8, 4) is 0 Å². The summed E-state index contributed by atoms with van der Waals surface area (Å²) in [5.41, 5.74) is -0.584. The molecule has 1 aliphatic heterocycles. The normalized spacial score (nSPS) is 30.7. The van der Waals surface area contributed by atoms with E-state index in [4.69, 9.17) is 18.8 Å². The van der Waals surface area contributed by atoms with E-state index in [9.17, 15) is 45.2 Å². The molecule has 6 unspecified atom stereocenters. The lowest BCUT2D eigenvalue weighted by molar-refractivity contribution is -0.176. The fraction of sp³-hybridized carbons (Fsp3) is 0.833. The van der Waals surface area contributed by atoms with Gasteiger partial charge in [0, 0.05) is 11.8 Å². The first-order chi connectivity index (χ1) is 18.5. The van der Waals surface area contributed by atoms with E-state index in [2.05, 4.69) is 4.74 Å². The van der Waals surface area contributed by atoms with Crippen molar-refractivity contribution in [2.45, 2.75) is 93.7 Å². The maximum atomic E-state index is 13.5. The Hall–Kier alpha value is -2.49. The van der Waals surface area contributed by atoms with Gasteiger partial charge in [-0.1, -0.05) is 6.92 Å². The standard InChI is InChI=1S/C24H30F4O11S/c1-2-22(7-3-4-8-22)39-21(32)17-13-11-12-16(17)20(31)38-19(12)18(13)37-15(30)6-5-14(29)36-10-9-23(25,26)24(27,28)40(33,34)35/h12-13,16-19H,2-11H2,1H3,(H,33,34,35). The summed E-state index contributed by atoms with van der Waals surface area (Å²) in [4.78, 5) is 50.1. The van der Waals surface area contributed by atoms with Gasteiger partial charge in [0.25, 0.3) is 0 Å². The number of esters is 4. The molecule has 0 aromatic rings. The molecule has 0 spiro atoms. The number of hydrogen-bond acceptors (Lipinski definition) is 10. The molecular formula is C24H30F4O11S. The molecule has 3 aliphatic carbocycles. The van der Waals surface area contributed by atoms with Gasteiger partial charge in [0.2, 0.25) is 0 Å². The Morgan fingerprint density at radius 2 is 1.70 bits per heavy atom. The fourth-order valence-corrected chi connectivity index (χ4v) is 6.89. The summed E-state index contributed by atoms with van der Waals surface area (Å²) in [6.07, 6.45) is -0.551. The van der Waals surface area contributed by atoms with Gasteiger partial charge in [-0.2, -0.15) is 26.0 Å². The van der Waals surface area contributed by atoms with Crippen LogP contribution in [0.3, 0.4) is 0 Å². The van der Waals surface area contributed by atoms with Crippen LogP contribution >= 0.6 is 0 Å². The minimum Gasteiger partial charge on any atom is -0.465 e. The topological polar surface area (TPSA) is 160 Å². The summed E-state index contributed by atoms with van der Waals surface area (Å²) >= 11 is 0. The van der Waals surface area contributed by atoms with Gasteiger partial charge in [-0.05, 0) is 38.5 Å². The summed E-state index contributed by atoms with van der Waals surface area (Å²) < 4.78 is 104. The predicted molar refractivity (Wildman–Crippen MR) is 122 cm³/mol. The smallest absolute Gasteiger partial charge is 0.431 e. The van der Waals surface area contributed by atoms with Crippen molar-refractivity contribution in [3.63, 3.8) is 0 Å². The Labute approximate surface area is 227 Å². The number of alkyl halides is 4. The highest BCUT2D eigenvalue weighted by atomic mass is 32.2. The highest BCUT2D eigenvalue weighted by molar-refractivity contribution is 7.87. The predicted octanol–water partition coefficient (Wildman–Crippen LogP) is 2.80. The third kappa shape index (κ3) is 5.40. The van der Waals surface area contributed by atoms with E-state index >= 15 is 0 Å². The molecule has 16 heteroatoms. The van der Waals surface area contributed by atoms with Gasteiger partial charge in [-0.3, -0.25) is 23.7 Å². The second-order valence-electron chi connectivity index (χ2n) is 10.8. The van der Waals surface area contributed by atoms with Crippen molar-refractivity contribution >= 4 is 34.0 Å². The second-order valence-corrected chi connectivity index (χ2v) is 12.3. The molecule has 0 aromatic carbocycles. The molecule has 0 amide bonds. The lowest BCUT2D eigenvalue weighted by atomic mass is 9.78. The number of ether oxygens (including phenoxy) is 4. The summed E-state index contributed by atoms with van der Waals surface area (Å²) in [6, 6.07) is 0. The molecule has 4 aliphatic rings. The molecule has 1 heterocycles. The molecule has 4 rings (SSSR count). The van der Waals surface area contributed by atoms with Crippen molar-refractivity contribution in [2.24, 2.45) is 23.7 Å². The van der Waals surface area contributed by atoms with Gasteiger partial charge < -0.3 is 18.9 Å². The lowest BCUT2D eigenvalue weighted by Crippen LogP contribution is -2.47. The molecule has 226 valence electrons. The molecular weight excluding hydrogens is 572 g/mol. The first-order valence-corrected chi connectivity index (χ1v) is 14.5. The third-order valence-corrected chi connectivity index (χ3v) is 9.47. The van der Waals surface area contributed by atoms with E-state index in [-0.39, 0.29) is 5.92 Å². The molecule has 1 saturated heterocycles. The monoisotopic (exact) mass is 602 g/mol. The Morgan fingerprint density at radius 1 is 1.07 bits per heavy atom. The second kappa shape index (κ2) is 10.7. The van der Waals surface area contributed by atoms with Crippen molar-refractivity contribution < 1.29 is 68.7 Å². The van der Waals surface area contributed by atoms with Crippen LogP contribution in [0.5, 0.6) is 0 Å². The molecule has 0 radical (unpaired) electrons. The van der Waals surface area contributed by atoms with Gasteiger partial charge in [-0.15, -0.1) is 0 Å². The lowest BCUT2D eigenvalue weighted by Gasteiger charge is -2.34. The zero-order chi connectivity index (χ0) is 29.7.